The van der Waals surface area contributed by atoms with Crippen molar-refractivity contribution in [2.24, 2.45) is 5.73 Å². The number of amides is 2. The van der Waals surface area contributed by atoms with E-state index in [0.29, 0.717) is 30.4 Å². The van der Waals surface area contributed by atoms with E-state index in [-0.39, 0.29) is 22.9 Å². The molecule has 4 atom stereocenters. The predicted molar refractivity (Wildman–Crippen MR) is 116 cm³/mol. The van der Waals surface area contributed by atoms with E-state index in [4.69, 9.17) is 27.2 Å². The number of nitrogen functional groups attached to an aromatic ring is 1. The molecule has 2 aromatic heterocycles. The minimum atomic E-state index is -5.08. The summed E-state index contributed by atoms with van der Waals surface area (Å²) >= 11 is 5.83. The molecule has 35 heavy (non-hydrogen) atoms. The Morgan fingerprint density at radius 3 is 2.20 bits per heavy atom. The maximum absolute atomic E-state index is 11.5. The van der Waals surface area contributed by atoms with Crippen molar-refractivity contribution >= 4 is 46.4 Å². The second-order valence-electron chi connectivity index (χ2n) is 7.14. The average Bonchev–Trinajstić information content (AvgIpc) is 3.30. The Balaban J connectivity index is 0.000000425. The van der Waals surface area contributed by atoms with E-state index in [9.17, 15) is 33.0 Å². The van der Waals surface area contributed by atoms with Gasteiger partial charge >= 0.3 is 12.1 Å². The highest BCUT2D eigenvalue weighted by Gasteiger charge is 2.43. The summed E-state index contributed by atoms with van der Waals surface area (Å²) in [6, 6.07) is -1.06. The van der Waals surface area contributed by atoms with Gasteiger partial charge in [0, 0.05) is 12.8 Å². The summed E-state index contributed by atoms with van der Waals surface area (Å²) in [5.41, 5.74) is 11.2. The van der Waals surface area contributed by atoms with E-state index >= 15 is 0 Å². The van der Waals surface area contributed by atoms with Gasteiger partial charge in [-0.3, -0.25) is 9.59 Å². The number of hydrogen-bond acceptors (Lipinski definition) is 9. The number of carboxylic acids is 1. The number of fused-ring (bicyclic) bond motifs is 1. The number of carbonyl (C=O) groups is 3. The summed E-state index contributed by atoms with van der Waals surface area (Å²) in [5.74, 6) is -3.05. The molecule has 0 aromatic carbocycles. The Kier molecular flexibility index (Phi) is 10.6. The number of nitrogens with one attached hydrogen (secondary N) is 1. The number of anilines is 1. The Labute approximate surface area is 201 Å². The number of aliphatic hydroxyl groups excluding tert-OH is 2. The molecular weight excluding hydrogens is 503 g/mol. The molecule has 196 valence electrons. The second kappa shape index (κ2) is 12.5. The molecule has 2 heterocycles. The minimum Gasteiger partial charge on any atom is -0.475 e. The molecule has 2 amide bonds. The van der Waals surface area contributed by atoms with Crippen LogP contribution in [0.3, 0.4) is 0 Å². The van der Waals surface area contributed by atoms with Crippen LogP contribution in [0.5, 0.6) is 0 Å². The van der Waals surface area contributed by atoms with Crippen LogP contribution in [0, 0.1) is 0 Å². The van der Waals surface area contributed by atoms with Crippen molar-refractivity contribution in [1.82, 2.24) is 24.8 Å². The number of alkyl halides is 3. The number of imidazole rings is 1. The molecule has 1 aliphatic rings. The lowest BCUT2D eigenvalue weighted by molar-refractivity contribution is -0.192. The van der Waals surface area contributed by atoms with Crippen molar-refractivity contribution in [1.29, 1.82) is 0 Å². The second-order valence-corrected chi connectivity index (χ2v) is 7.47. The number of nitrogens with zero attached hydrogens (tertiary/aromatic N) is 4. The lowest BCUT2D eigenvalue weighted by atomic mass is 10.2. The lowest BCUT2D eigenvalue weighted by Crippen LogP contribution is -2.42. The van der Waals surface area contributed by atoms with E-state index in [1.165, 1.54) is 6.33 Å². The van der Waals surface area contributed by atoms with Gasteiger partial charge in [0.15, 0.2) is 11.5 Å². The third-order valence-electron chi connectivity index (χ3n) is 4.69. The van der Waals surface area contributed by atoms with Crippen LogP contribution in [0.15, 0.2) is 6.33 Å². The van der Waals surface area contributed by atoms with E-state index in [1.54, 1.807) is 18.4 Å². The summed E-state index contributed by atoms with van der Waals surface area (Å²) in [6.07, 6.45) is -4.69. The number of aromatic nitrogens is 4. The van der Waals surface area contributed by atoms with E-state index in [1.807, 2.05) is 0 Å². The zero-order chi connectivity index (χ0) is 27.1. The zero-order valence-corrected chi connectivity index (χ0v) is 19.3. The highest BCUT2D eigenvalue weighted by atomic mass is 35.5. The SMILES string of the molecule is CCC(=O)N[C@H]1C[C@@H](n2cnc3c(N)nc(Cl)nc32)[C@H](O)[C@@H]1O.CCC(N)=O.O=C(O)C(F)(F)F. The fourth-order valence-electron chi connectivity index (χ4n) is 2.89. The number of aliphatic hydroxyl groups is 2. The monoisotopic (exact) mass is 527 g/mol. The topological polar surface area (TPSA) is 220 Å². The first-order valence-electron chi connectivity index (χ1n) is 10.0. The first-order chi connectivity index (χ1) is 16.1. The standard InChI is InChI=1S/C13H17ClN6O3.C3H7NO.C2HF3O2/c1-2-7(21)17-5-3-6(10(23)9(5)22)20-4-16-8-11(15)18-13(14)19-12(8)20;1-2-3(4)5;3-2(4,5)1(6)7/h4-6,9-10,22-23H,2-3H2,1H3,(H,17,21)(H2,15,18,19);2H2,1H3,(H2,4,5);(H,6,7)/t5-,6+,9+,10-;;/m0../s1. The molecular formula is C18H25ClF3N7O6. The molecule has 0 radical (unpaired) electrons. The van der Waals surface area contributed by atoms with E-state index < -0.39 is 36.4 Å². The van der Waals surface area contributed by atoms with Crippen molar-refractivity contribution in [3.63, 3.8) is 0 Å². The van der Waals surface area contributed by atoms with Gasteiger partial charge in [-0.25, -0.2) is 9.78 Å². The number of primary amides is 1. The third-order valence-corrected chi connectivity index (χ3v) is 4.86. The number of nitrogens with two attached hydrogens (primary N) is 2. The largest absolute Gasteiger partial charge is 0.490 e. The van der Waals surface area contributed by atoms with Crippen LogP contribution in [0.4, 0.5) is 19.0 Å². The molecule has 17 heteroatoms. The van der Waals surface area contributed by atoms with Crippen LogP contribution in [0.1, 0.15) is 39.2 Å². The lowest BCUT2D eigenvalue weighted by Gasteiger charge is -2.18. The van der Waals surface area contributed by atoms with Crippen LogP contribution in [0.25, 0.3) is 11.2 Å². The van der Waals surface area contributed by atoms with Gasteiger partial charge in [0.05, 0.1) is 18.4 Å². The highest BCUT2D eigenvalue weighted by molar-refractivity contribution is 6.28. The van der Waals surface area contributed by atoms with Gasteiger partial charge in [0.1, 0.15) is 17.7 Å². The summed E-state index contributed by atoms with van der Waals surface area (Å²) in [6.45, 7) is 3.44. The Morgan fingerprint density at radius 1 is 1.20 bits per heavy atom. The number of carboxylic acid groups (broad SMARTS) is 1. The number of hydrogen-bond donors (Lipinski definition) is 6. The van der Waals surface area contributed by atoms with Crippen LogP contribution in [0.2, 0.25) is 5.28 Å². The van der Waals surface area contributed by atoms with Crippen molar-refractivity contribution in [3.05, 3.63) is 11.6 Å². The molecule has 3 rings (SSSR count). The van der Waals surface area contributed by atoms with Crippen LogP contribution < -0.4 is 16.8 Å². The fourth-order valence-corrected chi connectivity index (χ4v) is 3.06. The van der Waals surface area contributed by atoms with Gasteiger partial charge in [0.25, 0.3) is 0 Å². The van der Waals surface area contributed by atoms with Crippen molar-refractivity contribution in [2.75, 3.05) is 5.73 Å². The summed E-state index contributed by atoms with van der Waals surface area (Å²) in [5, 5.41) is 30.3. The highest BCUT2D eigenvalue weighted by Crippen LogP contribution is 2.33. The maximum atomic E-state index is 11.5. The quantitative estimate of drug-likeness (QED) is 0.295. The Morgan fingerprint density at radius 2 is 1.74 bits per heavy atom. The van der Waals surface area contributed by atoms with Crippen LogP contribution in [-0.2, 0) is 14.4 Å². The Bertz CT molecular complexity index is 1050. The van der Waals surface area contributed by atoms with Gasteiger partial charge in [-0.15, -0.1) is 0 Å². The first kappa shape index (κ1) is 29.8. The number of halogens is 4. The maximum Gasteiger partial charge on any atom is 0.490 e. The molecule has 1 fully saturated rings. The third kappa shape index (κ3) is 8.18. The van der Waals surface area contributed by atoms with Crippen molar-refractivity contribution in [3.8, 4) is 0 Å². The van der Waals surface area contributed by atoms with Gasteiger partial charge in [-0.2, -0.15) is 23.1 Å². The predicted octanol–water partition coefficient (Wildman–Crippen LogP) is 0.138. The number of rotatable bonds is 4. The first-order valence-corrected chi connectivity index (χ1v) is 10.4. The normalized spacial score (nSPS) is 21.4. The number of aliphatic carboxylic acids is 1. The van der Waals surface area contributed by atoms with Crippen molar-refractivity contribution < 1.29 is 42.9 Å². The van der Waals surface area contributed by atoms with E-state index in [0.717, 1.165) is 0 Å². The molecule has 1 aliphatic carbocycles. The zero-order valence-electron chi connectivity index (χ0n) is 18.5. The molecule has 13 nitrogen and oxygen atoms in total. The molecule has 0 aliphatic heterocycles. The van der Waals surface area contributed by atoms with Crippen LogP contribution >= 0.6 is 11.6 Å². The molecule has 2 aromatic rings. The average molecular weight is 528 g/mol. The van der Waals surface area contributed by atoms with Crippen molar-refractivity contribution in [2.45, 2.75) is 63.6 Å². The summed E-state index contributed by atoms with van der Waals surface area (Å²) < 4.78 is 33.3. The molecule has 1 saturated carbocycles. The molecule has 0 saturated heterocycles. The Hall–Kier alpha value is -3.24. The van der Waals surface area contributed by atoms with E-state index in [2.05, 4.69) is 26.0 Å². The number of carbonyl (C=O) groups excluding carboxylic acids is 2. The summed E-state index contributed by atoms with van der Waals surface area (Å²) in [4.78, 5) is 42.1. The fraction of sp³-hybridized carbons (Fsp3) is 0.556. The summed E-state index contributed by atoms with van der Waals surface area (Å²) in [7, 11) is 0. The molecule has 0 unspecified atom stereocenters. The van der Waals surface area contributed by atoms with Gasteiger partial charge in [-0.05, 0) is 18.0 Å². The molecule has 8 N–H and O–H groups in total. The smallest absolute Gasteiger partial charge is 0.475 e. The molecule has 0 bridgehead atoms. The molecule has 0 spiro atoms. The minimum absolute atomic E-state index is 0.0272. The van der Waals surface area contributed by atoms with Gasteiger partial charge in [-0.1, -0.05) is 13.8 Å². The van der Waals surface area contributed by atoms with Gasteiger partial charge < -0.3 is 36.7 Å². The van der Waals surface area contributed by atoms with Gasteiger partial charge in [0.2, 0.25) is 17.1 Å². The van der Waals surface area contributed by atoms with Crippen LogP contribution in [-0.4, -0.2) is 77.0 Å².